The van der Waals surface area contributed by atoms with E-state index in [4.69, 9.17) is 14.9 Å². The predicted octanol–water partition coefficient (Wildman–Crippen LogP) is 1.87. The number of furan rings is 1. The van der Waals surface area contributed by atoms with Crippen molar-refractivity contribution >= 4 is 17.5 Å². The Morgan fingerprint density at radius 2 is 2.24 bits per heavy atom. The molecular weight excluding hydrogens is 374 g/mol. The van der Waals surface area contributed by atoms with Gasteiger partial charge in [0.25, 0.3) is 5.91 Å². The minimum atomic E-state index is -0.383. The molecule has 10 nitrogen and oxygen atoms in total. The average molecular weight is 393 g/mol. The molecule has 1 atom stereocenters. The van der Waals surface area contributed by atoms with E-state index in [1.54, 1.807) is 31.6 Å². The number of aromatic nitrogens is 5. The number of ether oxygens (including phenoxy) is 1. The van der Waals surface area contributed by atoms with Crippen molar-refractivity contribution in [3.8, 4) is 11.6 Å². The van der Waals surface area contributed by atoms with Gasteiger partial charge in [-0.15, -0.1) is 5.10 Å². The van der Waals surface area contributed by atoms with Crippen molar-refractivity contribution in [2.45, 2.75) is 12.5 Å². The topological polar surface area (TPSA) is 133 Å². The van der Waals surface area contributed by atoms with Gasteiger partial charge in [0.1, 0.15) is 5.69 Å². The number of methoxy groups -OCH3 is 1. The van der Waals surface area contributed by atoms with E-state index in [1.807, 2.05) is 12.1 Å². The second-order valence-electron chi connectivity index (χ2n) is 6.28. The molecule has 1 amide bonds. The molecule has 4 aromatic heterocycles. The van der Waals surface area contributed by atoms with Crippen LogP contribution in [0.2, 0.25) is 0 Å². The van der Waals surface area contributed by atoms with Crippen LogP contribution in [0.15, 0.2) is 53.4 Å². The fourth-order valence-corrected chi connectivity index (χ4v) is 2.91. The number of nitrogens with one attached hydrogen (secondary N) is 1. The maximum absolute atomic E-state index is 12.9. The third-order valence-corrected chi connectivity index (χ3v) is 4.33. The summed E-state index contributed by atoms with van der Waals surface area (Å²) in [6.45, 7) is 0.477. The SMILES string of the molecule is COCCC(NC(=O)c1cc2nc(-c3ccco3)nn2c(N)n1)c1cccnc1. The zero-order valence-electron chi connectivity index (χ0n) is 15.6. The summed E-state index contributed by atoms with van der Waals surface area (Å²) < 4.78 is 11.8. The van der Waals surface area contributed by atoms with Gasteiger partial charge >= 0.3 is 0 Å². The van der Waals surface area contributed by atoms with Crippen LogP contribution >= 0.6 is 0 Å². The maximum Gasteiger partial charge on any atom is 0.270 e. The lowest BCUT2D eigenvalue weighted by atomic mass is 10.1. The largest absolute Gasteiger partial charge is 0.461 e. The average Bonchev–Trinajstić information content (AvgIpc) is 3.41. The lowest BCUT2D eigenvalue weighted by molar-refractivity contribution is 0.0919. The van der Waals surface area contributed by atoms with Crippen LogP contribution < -0.4 is 11.1 Å². The minimum absolute atomic E-state index is 0.0489. The molecule has 4 aromatic rings. The number of fused-ring (bicyclic) bond motifs is 1. The van der Waals surface area contributed by atoms with Crippen LogP contribution in [0.4, 0.5) is 5.95 Å². The fraction of sp³-hybridized carbons (Fsp3) is 0.211. The Morgan fingerprint density at radius 1 is 1.34 bits per heavy atom. The Morgan fingerprint density at radius 3 is 2.97 bits per heavy atom. The van der Waals surface area contributed by atoms with E-state index < -0.39 is 0 Å². The first-order valence-corrected chi connectivity index (χ1v) is 8.92. The highest BCUT2D eigenvalue weighted by atomic mass is 16.5. The normalized spacial score (nSPS) is 12.2. The molecule has 0 saturated carbocycles. The number of pyridine rings is 1. The first kappa shape index (κ1) is 18.6. The van der Waals surface area contributed by atoms with Gasteiger partial charge in [0.2, 0.25) is 11.8 Å². The molecule has 10 heteroatoms. The molecule has 0 aliphatic rings. The van der Waals surface area contributed by atoms with Gasteiger partial charge in [-0.2, -0.15) is 4.52 Å². The Hall–Kier alpha value is -3.79. The summed E-state index contributed by atoms with van der Waals surface area (Å²) in [4.78, 5) is 25.5. The van der Waals surface area contributed by atoms with E-state index in [2.05, 4.69) is 25.4 Å². The number of amides is 1. The van der Waals surface area contributed by atoms with Crippen LogP contribution in [0.3, 0.4) is 0 Å². The van der Waals surface area contributed by atoms with E-state index in [9.17, 15) is 4.79 Å². The van der Waals surface area contributed by atoms with Gasteiger partial charge in [0.15, 0.2) is 11.4 Å². The number of carbonyl (C=O) groups is 1. The van der Waals surface area contributed by atoms with Crippen LogP contribution in [-0.2, 0) is 4.74 Å². The van der Waals surface area contributed by atoms with Crippen LogP contribution in [0, 0.1) is 0 Å². The summed E-state index contributed by atoms with van der Waals surface area (Å²) in [5.74, 6) is 0.518. The molecule has 0 bridgehead atoms. The van der Waals surface area contributed by atoms with Gasteiger partial charge in [-0.3, -0.25) is 9.78 Å². The molecule has 1 unspecified atom stereocenters. The molecule has 3 N–H and O–H groups in total. The third-order valence-electron chi connectivity index (χ3n) is 4.33. The Labute approximate surface area is 165 Å². The summed E-state index contributed by atoms with van der Waals surface area (Å²) in [5, 5.41) is 7.23. The maximum atomic E-state index is 12.9. The molecule has 0 radical (unpaired) electrons. The van der Waals surface area contributed by atoms with Crippen LogP contribution in [0.25, 0.3) is 17.2 Å². The number of rotatable bonds is 7. The van der Waals surface area contributed by atoms with Crippen molar-refractivity contribution < 1.29 is 13.9 Å². The quantitative estimate of drug-likeness (QED) is 0.486. The first-order valence-electron chi connectivity index (χ1n) is 8.92. The monoisotopic (exact) mass is 393 g/mol. The van der Waals surface area contributed by atoms with Crippen LogP contribution in [0.5, 0.6) is 0 Å². The van der Waals surface area contributed by atoms with Crippen molar-refractivity contribution in [1.82, 2.24) is 29.9 Å². The van der Waals surface area contributed by atoms with Crippen LogP contribution in [0.1, 0.15) is 28.5 Å². The van der Waals surface area contributed by atoms with Crippen molar-refractivity contribution in [1.29, 1.82) is 0 Å². The van der Waals surface area contributed by atoms with Crippen molar-refractivity contribution in [3.05, 3.63) is 60.2 Å². The lowest BCUT2D eigenvalue weighted by Crippen LogP contribution is -2.30. The highest BCUT2D eigenvalue weighted by Crippen LogP contribution is 2.20. The highest BCUT2D eigenvalue weighted by molar-refractivity contribution is 5.93. The van der Waals surface area contributed by atoms with Gasteiger partial charge in [0.05, 0.1) is 12.3 Å². The van der Waals surface area contributed by atoms with Gasteiger partial charge < -0.3 is 20.2 Å². The second kappa shape index (κ2) is 8.07. The van der Waals surface area contributed by atoms with E-state index >= 15 is 0 Å². The van der Waals surface area contributed by atoms with E-state index in [-0.39, 0.29) is 23.6 Å². The number of nitrogens with zero attached hydrogens (tertiary/aromatic N) is 5. The lowest BCUT2D eigenvalue weighted by Gasteiger charge is -2.18. The summed E-state index contributed by atoms with van der Waals surface area (Å²) in [5.41, 5.74) is 7.39. The fourth-order valence-electron chi connectivity index (χ4n) is 2.91. The zero-order valence-corrected chi connectivity index (χ0v) is 15.6. The zero-order chi connectivity index (χ0) is 20.2. The van der Waals surface area contributed by atoms with E-state index in [0.717, 1.165) is 5.56 Å². The Kier molecular flexibility index (Phi) is 5.16. The molecule has 0 fully saturated rings. The molecule has 29 heavy (non-hydrogen) atoms. The van der Waals surface area contributed by atoms with Crippen LogP contribution in [-0.4, -0.2) is 44.2 Å². The molecule has 148 valence electrons. The van der Waals surface area contributed by atoms with Gasteiger partial charge in [-0.25, -0.2) is 9.97 Å². The van der Waals surface area contributed by atoms with Gasteiger partial charge in [-0.1, -0.05) is 6.07 Å². The third kappa shape index (κ3) is 3.92. The number of hydrogen-bond acceptors (Lipinski definition) is 8. The Bertz CT molecular complexity index is 1110. The molecular formula is C19H19N7O3. The summed E-state index contributed by atoms with van der Waals surface area (Å²) in [7, 11) is 1.61. The van der Waals surface area contributed by atoms with E-state index in [1.165, 1.54) is 16.8 Å². The number of anilines is 1. The Balaban J connectivity index is 1.61. The molecule has 4 rings (SSSR count). The standard InChI is InChI=1S/C19H19N7O3/c1-28-9-6-13(12-4-2-7-21-11-12)22-18(27)14-10-16-24-17(15-5-3-8-29-15)25-26(16)19(20)23-14/h2-5,7-8,10-11,13H,6,9H2,1H3,(H2,20,23)(H,22,27). The highest BCUT2D eigenvalue weighted by Gasteiger charge is 2.20. The minimum Gasteiger partial charge on any atom is -0.461 e. The smallest absolute Gasteiger partial charge is 0.270 e. The number of carbonyl (C=O) groups excluding carboxylic acids is 1. The predicted molar refractivity (Wildman–Crippen MR) is 104 cm³/mol. The van der Waals surface area contributed by atoms with Crippen molar-refractivity contribution in [2.75, 3.05) is 19.5 Å². The summed E-state index contributed by atoms with van der Waals surface area (Å²) in [6.07, 6.45) is 5.50. The number of nitrogen functional groups attached to an aromatic ring is 1. The molecule has 0 aromatic carbocycles. The van der Waals surface area contributed by atoms with Gasteiger partial charge in [0, 0.05) is 32.2 Å². The summed E-state index contributed by atoms with van der Waals surface area (Å²) >= 11 is 0. The molecule has 4 heterocycles. The second-order valence-corrected chi connectivity index (χ2v) is 6.28. The molecule has 0 saturated heterocycles. The van der Waals surface area contributed by atoms with Crippen molar-refractivity contribution in [3.63, 3.8) is 0 Å². The molecule has 0 aliphatic carbocycles. The number of hydrogen-bond donors (Lipinski definition) is 2. The molecule has 0 spiro atoms. The van der Waals surface area contributed by atoms with Crippen molar-refractivity contribution in [2.24, 2.45) is 0 Å². The van der Waals surface area contributed by atoms with Gasteiger partial charge in [-0.05, 0) is 30.2 Å². The summed E-state index contributed by atoms with van der Waals surface area (Å²) in [6, 6.07) is 8.43. The van der Waals surface area contributed by atoms with E-state index in [0.29, 0.717) is 30.3 Å². The number of nitrogens with two attached hydrogens (primary N) is 1. The first-order chi connectivity index (χ1) is 14.2. The molecule has 0 aliphatic heterocycles.